The molecule has 0 aliphatic rings. The highest BCUT2D eigenvalue weighted by atomic mass is 15.2. The predicted molar refractivity (Wildman–Crippen MR) is 128 cm³/mol. The third-order valence-electron chi connectivity index (χ3n) is 6.68. The van der Waals surface area contributed by atoms with Gasteiger partial charge in [0.2, 0.25) is 5.78 Å². The molecule has 0 atom stereocenters. The fraction of sp³-hybridized carbons (Fsp3) is 0.231. The first-order valence-electron chi connectivity index (χ1n) is 10.8. The van der Waals surface area contributed by atoms with Crippen molar-refractivity contribution in [2.45, 2.75) is 34.2 Å². The molecule has 0 aliphatic heterocycles. The van der Waals surface area contributed by atoms with Crippen molar-refractivity contribution in [2.24, 2.45) is 7.05 Å². The zero-order valence-electron chi connectivity index (χ0n) is 18.6. The van der Waals surface area contributed by atoms with Gasteiger partial charge in [-0.25, -0.2) is 9.97 Å². The quantitative estimate of drug-likeness (QED) is 0.356. The van der Waals surface area contributed by atoms with Crippen LogP contribution in [-0.4, -0.2) is 23.5 Å². The normalized spacial score (nSPS) is 12.2. The van der Waals surface area contributed by atoms with E-state index in [0.717, 1.165) is 28.9 Å². The number of rotatable bonds is 2. The van der Waals surface area contributed by atoms with Gasteiger partial charge < -0.3 is 9.13 Å². The molecule has 6 rings (SSSR count). The lowest BCUT2D eigenvalue weighted by Crippen LogP contribution is -1.98. The van der Waals surface area contributed by atoms with Crippen molar-refractivity contribution in [1.29, 1.82) is 0 Å². The molecule has 0 saturated carbocycles. The fourth-order valence-corrected chi connectivity index (χ4v) is 5.37. The van der Waals surface area contributed by atoms with Gasteiger partial charge in [0.15, 0.2) is 0 Å². The third-order valence-corrected chi connectivity index (χ3v) is 6.68. The molecule has 0 N–H and O–H groups in total. The maximum Gasteiger partial charge on any atom is 0.216 e. The third kappa shape index (κ3) is 2.26. The molecule has 5 heteroatoms. The van der Waals surface area contributed by atoms with E-state index in [1.807, 2.05) is 6.33 Å². The van der Waals surface area contributed by atoms with Crippen molar-refractivity contribution in [1.82, 2.24) is 23.5 Å². The first-order chi connectivity index (χ1) is 15.0. The van der Waals surface area contributed by atoms with Crippen molar-refractivity contribution in [2.75, 3.05) is 0 Å². The monoisotopic (exact) mass is 407 g/mol. The lowest BCUT2D eigenvalue weighted by molar-refractivity contribution is 0.806. The fourth-order valence-electron chi connectivity index (χ4n) is 5.37. The number of imidazole rings is 3. The van der Waals surface area contributed by atoms with Gasteiger partial charge in [-0.05, 0) is 56.5 Å². The van der Waals surface area contributed by atoms with E-state index in [9.17, 15) is 0 Å². The Morgan fingerprint density at radius 1 is 0.903 bits per heavy atom. The second-order valence-electron chi connectivity index (χ2n) is 8.52. The summed E-state index contributed by atoms with van der Waals surface area (Å²) in [6.07, 6.45) is 1.90. The van der Waals surface area contributed by atoms with E-state index in [0.29, 0.717) is 0 Å². The van der Waals surface area contributed by atoms with Crippen LogP contribution >= 0.6 is 0 Å². The van der Waals surface area contributed by atoms with E-state index in [-0.39, 0.29) is 0 Å². The number of hydrogen-bond donors (Lipinski definition) is 0. The summed E-state index contributed by atoms with van der Waals surface area (Å²) in [6, 6.07) is 15.2. The zero-order valence-corrected chi connectivity index (χ0v) is 18.6. The molecule has 3 aromatic carbocycles. The minimum atomic E-state index is 0.860. The molecule has 0 spiro atoms. The summed E-state index contributed by atoms with van der Waals surface area (Å²) < 4.78 is 6.76. The van der Waals surface area contributed by atoms with Crippen LogP contribution in [-0.2, 0) is 13.6 Å². The van der Waals surface area contributed by atoms with Gasteiger partial charge >= 0.3 is 0 Å². The van der Waals surface area contributed by atoms with E-state index in [4.69, 9.17) is 4.98 Å². The van der Waals surface area contributed by atoms with Gasteiger partial charge in [0.05, 0.1) is 39.4 Å². The second-order valence-corrected chi connectivity index (χ2v) is 8.52. The van der Waals surface area contributed by atoms with Gasteiger partial charge in [-0.15, -0.1) is 0 Å². The highest BCUT2D eigenvalue weighted by molar-refractivity contribution is 6.03. The first kappa shape index (κ1) is 18.2. The SMILES string of the molecule is CCn1c2c(C)c3c(cc2n2c4cccc(-c5c(C)cccc5C)c4nc12)ncn3C. The van der Waals surface area contributed by atoms with Crippen LogP contribution in [0.3, 0.4) is 0 Å². The summed E-state index contributed by atoms with van der Waals surface area (Å²) in [7, 11) is 2.06. The van der Waals surface area contributed by atoms with Gasteiger partial charge in [-0.1, -0.05) is 30.3 Å². The molecule has 0 aliphatic carbocycles. The van der Waals surface area contributed by atoms with Gasteiger partial charge in [0.1, 0.15) is 0 Å². The number of fused-ring (bicyclic) bond motifs is 6. The predicted octanol–water partition coefficient (Wildman–Crippen LogP) is 5.94. The first-order valence-corrected chi connectivity index (χ1v) is 10.8. The summed E-state index contributed by atoms with van der Waals surface area (Å²) in [4.78, 5) is 9.86. The van der Waals surface area contributed by atoms with Crippen LogP contribution in [0.15, 0.2) is 48.8 Å². The number of nitrogens with zero attached hydrogens (tertiary/aromatic N) is 5. The molecule has 5 nitrogen and oxygen atoms in total. The van der Waals surface area contributed by atoms with E-state index >= 15 is 0 Å². The largest absolute Gasteiger partial charge is 0.333 e. The average Bonchev–Trinajstić information content (AvgIpc) is 3.39. The van der Waals surface area contributed by atoms with E-state index in [2.05, 4.69) is 95.7 Å². The number of para-hydroxylation sites is 1. The summed E-state index contributed by atoms with van der Waals surface area (Å²) >= 11 is 0. The molecule has 31 heavy (non-hydrogen) atoms. The summed E-state index contributed by atoms with van der Waals surface area (Å²) in [5.41, 5.74) is 13.1. The maximum atomic E-state index is 5.22. The minimum absolute atomic E-state index is 0.860. The second kappa shape index (κ2) is 6.20. The van der Waals surface area contributed by atoms with Crippen molar-refractivity contribution in [3.63, 3.8) is 0 Å². The lowest BCUT2D eigenvalue weighted by Gasteiger charge is -2.11. The molecule has 0 amide bonds. The molecular formula is C26H25N5. The zero-order chi connectivity index (χ0) is 21.4. The molecule has 0 fully saturated rings. The van der Waals surface area contributed by atoms with Crippen molar-refractivity contribution in [3.05, 3.63) is 65.5 Å². The number of aromatic nitrogens is 5. The van der Waals surface area contributed by atoms with Gasteiger partial charge in [-0.3, -0.25) is 4.40 Å². The van der Waals surface area contributed by atoms with E-state index < -0.39 is 0 Å². The van der Waals surface area contributed by atoms with Gasteiger partial charge in [0.25, 0.3) is 0 Å². The van der Waals surface area contributed by atoms with Crippen LogP contribution in [0.1, 0.15) is 23.6 Å². The molecule has 3 heterocycles. The maximum absolute atomic E-state index is 5.22. The Hall–Kier alpha value is -3.60. The molecule has 0 radical (unpaired) electrons. The Bertz CT molecular complexity index is 1640. The standard InChI is InChI=1S/C26H25N5/c1-6-30-25-17(4)24-19(27-14-29(24)5)13-21(25)31-20-12-8-11-18(23(20)28-26(30)31)22-15(2)9-7-10-16(22)3/h7-14H,6H2,1-5H3. The molecule has 3 aromatic heterocycles. The topological polar surface area (TPSA) is 40.1 Å². The molecule has 0 saturated heterocycles. The van der Waals surface area contributed by atoms with Crippen LogP contribution in [0.2, 0.25) is 0 Å². The minimum Gasteiger partial charge on any atom is -0.333 e. The van der Waals surface area contributed by atoms with Crippen molar-refractivity contribution in [3.8, 4) is 11.1 Å². The lowest BCUT2D eigenvalue weighted by atomic mass is 9.95. The molecule has 154 valence electrons. The smallest absolute Gasteiger partial charge is 0.216 e. The van der Waals surface area contributed by atoms with Crippen molar-refractivity contribution < 1.29 is 0 Å². The van der Waals surface area contributed by atoms with Crippen LogP contribution in [0.25, 0.3) is 50.0 Å². The molecule has 6 aromatic rings. The number of benzene rings is 3. The van der Waals surface area contributed by atoms with Crippen LogP contribution in [0.4, 0.5) is 0 Å². The Morgan fingerprint density at radius 3 is 2.39 bits per heavy atom. The summed E-state index contributed by atoms with van der Waals surface area (Å²) in [6.45, 7) is 9.61. The molecule has 0 bridgehead atoms. The highest BCUT2D eigenvalue weighted by Crippen LogP contribution is 2.37. The summed E-state index contributed by atoms with van der Waals surface area (Å²) in [5, 5.41) is 0. The van der Waals surface area contributed by atoms with Gasteiger partial charge in [-0.2, -0.15) is 0 Å². The van der Waals surface area contributed by atoms with Crippen LogP contribution < -0.4 is 0 Å². The average molecular weight is 408 g/mol. The van der Waals surface area contributed by atoms with Gasteiger partial charge in [0, 0.05) is 24.7 Å². The Kier molecular flexibility index (Phi) is 3.64. The van der Waals surface area contributed by atoms with E-state index in [1.54, 1.807) is 0 Å². The van der Waals surface area contributed by atoms with E-state index in [1.165, 1.54) is 44.4 Å². The number of aryl methyl sites for hydroxylation is 5. The summed E-state index contributed by atoms with van der Waals surface area (Å²) in [5.74, 6) is 0.990. The van der Waals surface area contributed by atoms with Crippen LogP contribution in [0, 0.1) is 20.8 Å². The van der Waals surface area contributed by atoms with Crippen molar-refractivity contribution >= 4 is 38.9 Å². The van der Waals surface area contributed by atoms with Crippen LogP contribution in [0.5, 0.6) is 0 Å². The number of hydrogen-bond acceptors (Lipinski definition) is 2. The Labute approximate surface area is 180 Å². The molecular weight excluding hydrogens is 382 g/mol. The highest BCUT2D eigenvalue weighted by Gasteiger charge is 2.21. The Morgan fingerprint density at radius 2 is 1.65 bits per heavy atom. The Balaban J connectivity index is 1.81. The molecule has 0 unspecified atom stereocenters.